The Kier molecular flexibility index (Phi) is 5.02. The first-order valence-corrected chi connectivity index (χ1v) is 7.46. The van der Waals surface area contributed by atoms with Crippen LogP contribution in [0.5, 0.6) is 0 Å². The lowest BCUT2D eigenvalue weighted by Crippen LogP contribution is -2.33. The zero-order valence-corrected chi connectivity index (χ0v) is 10.2. The highest BCUT2D eigenvalue weighted by Gasteiger charge is 2.23. The predicted octanol–water partition coefficient (Wildman–Crippen LogP) is 0.268. The van der Waals surface area contributed by atoms with Crippen molar-refractivity contribution in [1.29, 1.82) is 0 Å². The maximum atomic E-state index is 11.3. The van der Waals surface area contributed by atoms with E-state index in [9.17, 15) is 8.42 Å². The fourth-order valence-corrected chi connectivity index (χ4v) is 2.89. The van der Waals surface area contributed by atoms with Crippen LogP contribution in [0.2, 0.25) is 0 Å². The third-order valence-electron chi connectivity index (χ3n) is 3.05. The van der Waals surface area contributed by atoms with Crippen molar-refractivity contribution in [2.24, 2.45) is 0 Å². The minimum atomic E-state index is -2.82. The molecule has 15 heavy (non-hydrogen) atoms. The van der Waals surface area contributed by atoms with Crippen molar-refractivity contribution >= 4 is 9.84 Å². The van der Waals surface area contributed by atoms with Crippen LogP contribution in [0.15, 0.2) is 0 Å². The van der Waals surface area contributed by atoms with E-state index in [4.69, 9.17) is 5.11 Å². The summed E-state index contributed by atoms with van der Waals surface area (Å²) in [6.45, 7) is 3.67. The number of nitrogens with zero attached hydrogens (tertiary/aromatic N) is 1. The van der Waals surface area contributed by atoms with E-state index >= 15 is 0 Å². The molecule has 0 bridgehead atoms. The molecule has 1 saturated heterocycles. The molecule has 0 aromatic heterocycles. The molecule has 1 rings (SSSR count). The Morgan fingerprint density at radius 3 is 2.80 bits per heavy atom. The summed E-state index contributed by atoms with van der Waals surface area (Å²) in [6.07, 6.45) is 2.84. The topological polar surface area (TPSA) is 57.6 Å². The highest BCUT2D eigenvalue weighted by atomic mass is 32.2. The molecule has 1 atom stereocenters. The van der Waals surface area contributed by atoms with Crippen LogP contribution in [0, 0.1) is 0 Å². The van der Waals surface area contributed by atoms with Crippen molar-refractivity contribution in [2.75, 3.05) is 31.2 Å². The van der Waals surface area contributed by atoms with E-state index in [-0.39, 0.29) is 24.2 Å². The van der Waals surface area contributed by atoms with Gasteiger partial charge in [-0.05, 0) is 32.4 Å². The van der Waals surface area contributed by atoms with Crippen LogP contribution in [-0.4, -0.2) is 55.7 Å². The molecule has 5 heteroatoms. The second kappa shape index (κ2) is 5.82. The van der Waals surface area contributed by atoms with Crippen LogP contribution < -0.4 is 0 Å². The van der Waals surface area contributed by atoms with Gasteiger partial charge in [-0.2, -0.15) is 0 Å². The fraction of sp³-hybridized carbons (Fsp3) is 1.00. The van der Waals surface area contributed by atoms with Gasteiger partial charge in [-0.15, -0.1) is 0 Å². The van der Waals surface area contributed by atoms with Crippen LogP contribution in [0.4, 0.5) is 0 Å². The summed E-state index contributed by atoms with van der Waals surface area (Å²) in [4.78, 5) is 2.20. The number of hydrogen-bond donors (Lipinski definition) is 1. The summed E-state index contributed by atoms with van der Waals surface area (Å²) in [6, 6.07) is 0.259. The van der Waals surface area contributed by atoms with Gasteiger partial charge in [0.1, 0.15) is 9.84 Å². The van der Waals surface area contributed by atoms with E-state index in [2.05, 4.69) is 4.90 Å². The molecule has 1 N–H and O–H groups in total. The maximum Gasteiger partial charge on any atom is 0.150 e. The van der Waals surface area contributed by atoms with Crippen LogP contribution in [0.25, 0.3) is 0 Å². The third kappa shape index (κ3) is 4.09. The lowest BCUT2D eigenvalue weighted by molar-refractivity contribution is 0.159. The zero-order valence-electron chi connectivity index (χ0n) is 9.35. The summed E-state index contributed by atoms with van der Waals surface area (Å²) in [5, 5.41) is 9.08. The molecule has 0 radical (unpaired) electrons. The monoisotopic (exact) mass is 235 g/mol. The molecule has 1 aliphatic rings. The SMILES string of the molecule is CCS(=O)(=O)CCCN1CCC[C@H]1CO. The average molecular weight is 235 g/mol. The fourth-order valence-electron chi connectivity index (χ4n) is 2.03. The number of aliphatic hydroxyl groups excluding tert-OH is 1. The van der Waals surface area contributed by atoms with Crippen molar-refractivity contribution in [3.05, 3.63) is 0 Å². The molecule has 4 nitrogen and oxygen atoms in total. The van der Waals surface area contributed by atoms with E-state index in [1.165, 1.54) is 0 Å². The molecule has 0 aliphatic carbocycles. The van der Waals surface area contributed by atoms with Gasteiger partial charge in [0.25, 0.3) is 0 Å². The van der Waals surface area contributed by atoms with Crippen molar-refractivity contribution in [1.82, 2.24) is 4.90 Å². The second-order valence-corrected chi connectivity index (χ2v) is 6.58. The van der Waals surface area contributed by atoms with E-state index in [1.807, 2.05) is 0 Å². The van der Waals surface area contributed by atoms with Gasteiger partial charge in [0.2, 0.25) is 0 Å². The molecule has 0 aromatic rings. The lowest BCUT2D eigenvalue weighted by atomic mass is 10.2. The Morgan fingerprint density at radius 2 is 2.20 bits per heavy atom. The molecular formula is C10H21NO3S. The molecular weight excluding hydrogens is 214 g/mol. The van der Waals surface area contributed by atoms with Gasteiger partial charge in [0.05, 0.1) is 12.4 Å². The molecule has 0 amide bonds. The molecule has 0 aromatic carbocycles. The average Bonchev–Trinajstić information content (AvgIpc) is 2.65. The Bertz CT molecular complexity index is 276. The largest absolute Gasteiger partial charge is 0.395 e. The Balaban J connectivity index is 2.25. The summed E-state index contributed by atoms with van der Waals surface area (Å²) in [5.41, 5.74) is 0. The van der Waals surface area contributed by atoms with Gasteiger partial charge in [-0.25, -0.2) is 8.42 Å². The predicted molar refractivity (Wildman–Crippen MR) is 60.6 cm³/mol. The maximum absolute atomic E-state index is 11.3. The van der Waals surface area contributed by atoms with Crippen molar-refractivity contribution in [3.8, 4) is 0 Å². The molecule has 1 heterocycles. The van der Waals surface area contributed by atoms with E-state index in [0.717, 1.165) is 25.9 Å². The smallest absolute Gasteiger partial charge is 0.150 e. The quantitative estimate of drug-likeness (QED) is 0.718. The molecule has 1 fully saturated rings. The number of hydrogen-bond acceptors (Lipinski definition) is 4. The first kappa shape index (κ1) is 12.9. The van der Waals surface area contributed by atoms with E-state index < -0.39 is 9.84 Å². The number of likely N-dealkylation sites (tertiary alicyclic amines) is 1. The number of sulfone groups is 1. The zero-order chi connectivity index (χ0) is 11.3. The molecule has 0 spiro atoms. The van der Waals surface area contributed by atoms with E-state index in [1.54, 1.807) is 6.92 Å². The first-order valence-electron chi connectivity index (χ1n) is 5.64. The second-order valence-electron chi connectivity index (χ2n) is 4.10. The van der Waals surface area contributed by atoms with Gasteiger partial charge in [-0.1, -0.05) is 6.92 Å². The van der Waals surface area contributed by atoms with Crippen molar-refractivity contribution in [3.63, 3.8) is 0 Å². The Hall–Kier alpha value is -0.130. The molecule has 90 valence electrons. The Morgan fingerprint density at radius 1 is 1.47 bits per heavy atom. The van der Waals surface area contributed by atoms with Gasteiger partial charge in [0, 0.05) is 11.8 Å². The highest BCUT2D eigenvalue weighted by Crippen LogP contribution is 2.16. The minimum absolute atomic E-state index is 0.195. The van der Waals surface area contributed by atoms with Gasteiger partial charge in [0.15, 0.2) is 0 Å². The highest BCUT2D eigenvalue weighted by molar-refractivity contribution is 7.91. The summed E-state index contributed by atoms with van der Waals surface area (Å²) >= 11 is 0. The van der Waals surface area contributed by atoms with Gasteiger partial charge >= 0.3 is 0 Å². The standard InChI is InChI=1S/C10H21NO3S/c1-2-15(13,14)8-4-7-11-6-3-5-10(11)9-12/h10,12H,2-9H2,1H3/t10-/m0/s1. The van der Waals surface area contributed by atoms with Crippen molar-refractivity contribution in [2.45, 2.75) is 32.2 Å². The summed E-state index contributed by atoms with van der Waals surface area (Å²) in [5.74, 6) is 0.509. The van der Waals surface area contributed by atoms with Gasteiger partial charge in [-0.3, -0.25) is 4.90 Å². The summed E-state index contributed by atoms with van der Waals surface area (Å²) in [7, 11) is -2.82. The van der Waals surface area contributed by atoms with Crippen LogP contribution >= 0.6 is 0 Å². The number of aliphatic hydroxyl groups is 1. The van der Waals surface area contributed by atoms with Gasteiger partial charge < -0.3 is 5.11 Å². The number of rotatable bonds is 6. The van der Waals surface area contributed by atoms with Crippen LogP contribution in [0.3, 0.4) is 0 Å². The lowest BCUT2D eigenvalue weighted by Gasteiger charge is -2.22. The summed E-state index contributed by atoms with van der Waals surface area (Å²) < 4.78 is 22.5. The molecule has 0 saturated carbocycles. The normalized spacial score (nSPS) is 23.5. The minimum Gasteiger partial charge on any atom is -0.395 e. The van der Waals surface area contributed by atoms with Crippen molar-refractivity contribution < 1.29 is 13.5 Å². The molecule has 0 unspecified atom stereocenters. The third-order valence-corrected chi connectivity index (χ3v) is 4.84. The van der Waals surface area contributed by atoms with E-state index in [0.29, 0.717) is 6.42 Å². The molecule has 1 aliphatic heterocycles. The first-order chi connectivity index (χ1) is 7.09. The van der Waals surface area contributed by atoms with Crippen LogP contribution in [-0.2, 0) is 9.84 Å². The Labute approximate surface area is 92.2 Å². The van der Waals surface area contributed by atoms with Crippen LogP contribution in [0.1, 0.15) is 26.2 Å².